The van der Waals surface area contributed by atoms with Crippen molar-refractivity contribution >= 4 is 45.0 Å². The molecule has 0 saturated carbocycles. The molecule has 0 unspecified atom stereocenters. The van der Waals surface area contributed by atoms with Crippen molar-refractivity contribution in [3.05, 3.63) is 115 Å². The zero-order valence-corrected chi connectivity index (χ0v) is 25.3. The van der Waals surface area contributed by atoms with E-state index in [1.54, 1.807) is 0 Å². The summed E-state index contributed by atoms with van der Waals surface area (Å²) in [4.78, 5) is 8.98. The predicted octanol–water partition coefficient (Wildman–Crippen LogP) is 7.72. The molecule has 1 aliphatic heterocycles. The minimum atomic E-state index is 0. The van der Waals surface area contributed by atoms with Crippen LogP contribution in [0.2, 0.25) is 0 Å². The van der Waals surface area contributed by atoms with Gasteiger partial charge in [0.05, 0.1) is 0 Å². The number of rotatable bonds is 3. The Hall–Kier alpha value is -4.21. The number of benzene rings is 3. The van der Waals surface area contributed by atoms with Gasteiger partial charge in [0, 0.05) is 61.6 Å². The Morgan fingerprint density at radius 3 is 2.35 bits per heavy atom. The van der Waals surface area contributed by atoms with Gasteiger partial charge in [-0.05, 0) is 38.1 Å². The SMILES string of the molecule is CC(C)n1c2ncccc2c2cc[c-]c([N+]3=C=[N+](C)c4ccccc43)c21.Cc1ccc(-c2[c-]cccc2)nc1.[Ir]. The molecule has 0 atom stereocenters. The molecule has 3 aromatic carbocycles. The van der Waals surface area contributed by atoms with Gasteiger partial charge in [-0.3, -0.25) is 0 Å². The van der Waals surface area contributed by atoms with E-state index < -0.39 is 0 Å². The van der Waals surface area contributed by atoms with Gasteiger partial charge >= 0.3 is 6.01 Å². The first-order valence-corrected chi connectivity index (χ1v) is 13.1. The number of nitrogens with zero attached hydrogens (tertiary/aromatic N) is 5. The maximum absolute atomic E-state index is 4.67. The van der Waals surface area contributed by atoms with Crippen molar-refractivity contribution in [1.82, 2.24) is 19.1 Å². The molecule has 0 fully saturated rings. The summed E-state index contributed by atoms with van der Waals surface area (Å²) >= 11 is 0. The number of para-hydroxylation sites is 2. The van der Waals surface area contributed by atoms with Crippen LogP contribution in [-0.2, 0) is 20.1 Å². The average Bonchev–Trinajstić information content (AvgIpc) is 3.49. The van der Waals surface area contributed by atoms with Gasteiger partial charge < -0.3 is 9.55 Å². The van der Waals surface area contributed by atoms with Crippen molar-refractivity contribution in [2.45, 2.75) is 26.8 Å². The second kappa shape index (κ2) is 11.5. The van der Waals surface area contributed by atoms with Crippen molar-refractivity contribution in [2.24, 2.45) is 0 Å². The van der Waals surface area contributed by atoms with Gasteiger partial charge in [0.2, 0.25) is 0 Å². The van der Waals surface area contributed by atoms with E-state index in [1.165, 1.54) is 16.3 Å². The van der Waals surface area contributed by atoms with E-state index in [2.05, 4.69) is 93.6 Å². The van der Waals surface area contributed by atoms with E-state index in [0.717, 1.165) is 39.5 Å². The molecular weight excluding hydrogens is 671 g/mol. The van der Waals surface area contributed by atoms with Gasteiger partial charge in [-0.25, -0.2) is 4.98 Å². The number of aromatic nitrogens is 3. The van der Waals surface area contributed by atoms with Gasteiger partial charge in [0.25, 0.3) is 11.4 Å². The van der Waals surface area contributed by atoms with Gasteiger partial charge in [-0.1, -0.05) is 44.9 Å². The number of aryl methyl sites for hydroxylation is 1. The number of pyridine rings is 2. The Morgan fingerprint density at radius 2 is 1.62 bits per heavy atom. The molecular formula is C34H29IrN5. The van der Waals surface area contributed by atoms with Crippen molar-refractivity contribution in [2.75, 3.05) is 7.05 Å². The van der Waals surface area contributed by atoms with Gasteiger partial charge in [0.15, 0.2) is 7.05 Å². The Kier molecular flexibility index (Phi) is 7.86. The average molecular weight is 700 g/mol. The second-order valence-electron chi connectivity index (χ2n) is 9.91. The van der Waals surface area contributed by atoms with Gasteiger partial charge in [0.1, 0.15) is 11.3 Å². The topological polar surface area (TPSA) is 36.7 Å². The van der Waals surface area contributed by atoms with Crippen molar-refractivity contribution < 1.29 is 24.7 Å². The molecule has 0 amide bonds. The summed E-state index contributed by atoms with van der Waals surface area (Å²) in [6, 6.07) is 38.9. The van der Waals surface area contributed by atoms with Crippen molar-refractivity contribution in [3.8, 4) is 11.3 Å². The molecule has 6 aromatic rings. The maximum atomic E-state index is 4.67. The van der Waals surface area contributed by atoms with Crippen LogP contribution in [0.3, 0.4) is 0 Å². The summed E-state index contributed by atoms with van der Waals surface area (Å²) in [5, 5.41) is 2.37. The van der Waals surface area contributed by atoms with Crippen LogP contribution in [0.5, 0.6) is 0 Å². The summed E-state index contributed by atoms with van der Waals surface area (Å²) < 4.78 is 6.44. The molecule has 6 heteroatoms. The largest absolute Gasteiger partial charge is 0.494 e. The second-order valence-corrected chi connectivity index (χ2v) is 9.91. The molecule has 0 N–H and O–H groups in total. The van der Waals surface area contributed by atoms with E-state index >= 15 is 0 Å². The Morgan fingerprint density at radius 1 is 0.825 bits per heavy atom. The number of fused-ring (bicyclic) bond motifs is 4. The molecule has 1 aliphatic rings. The van der Waals surface area contributed by atoms with Crippen LogP contribution in [0.1, 0.15) is 25.5 Å². The molecule has 40 heavy (non-hydrogen) atoms. The van der Waals surface area contributed by atoms with E-state index in [-0.39, 0.29) is 26.1 Å². The first-order chi connectivity index (χ1) is 19.0. The Labute approximate surface area is 248 Å². The fourth-order valence-electron chi connectivity index (χ4n) is 5.06. The van der Waals surface area contributed by atoms with Gasteiger partial charge in [-0.15, -0.1) is 42.0 Å². The zero-order valence-electron chi connectivity index (χ0n) is 22.9. The molecule has 1 radical (unpaired) electrons. The molecule has 5 nitrogen and oxygen atoms in total. The fraction of sp³-hybridized carbons (Fsp3) is 0.147. The van der Waals surface area contributed by atoms with Crippen LogP contribution in [-0.4, -0.2) is 32.2 Å². The summed E-state index contributed by atoms with van der Waals surface area (Å²) in [5.41, 5.74) is 8.63. The summed E-state index contributed by atoms with van der Waals surface area (Å²) in [6.07, 6.45) is 3.73. The molecule has 0 aliphatic carbocycles. The first-order valence-electron chi connectivity index (χ1n) is 13.1. The van der Waals surface area contributed by atoms with Crippen LogP contribution in [0, 0.1) is 19.1 Å². The van der Waals surface area contributed by atoms with Crippen LogP contribution < -0.4 is 4.58 Å². The van der Waals surface area contributed by atoms with E-state index in [9.17, 15) is 0 Å². The molecule has 4 heterocycles. The molecule has 0 saturated heterocycles. The van der Waals surface area contributed by atoms with Crippen LogP contribution in [0.25, 0.3) is 33.2 Å². The van der Waals surface area contributed by atoms with Gasteiger partial charge in [-0.2, -0.15) is 12.1 Å². The third kappa shape index (κ3) is 4.94. The van der Waals surface area contributed by atoms with E-state index in [0.29, 0.717) is 0 Å². The quantitative estimate of drug-likeness (QED) is 0.140. The zero-order chi connectivity index (χ0) is 26.9. The van der Waals surface area contributed by atoms with Crippen LogP contribution >= 0.6 is 0 Å². The number of hydrogen-bond acceptors (Lipinski definition) is 2. The standard InChI is InChI=1S/C22H19N4.C12H10N.Ir/c1-15(2)26-21-16(17-9-7-13-23-22(17)26)8-6-12-20(21)25-14-24(3)18-10-4-5-11-19(18)25;1-10-7-8-12(13-9-10)11-5-3-2-4-6-11;/h4-11,13,15H,1-3H3;2-5,7-9H,1H3;/q+1;-1;. The third-order valence-electron chi connectivity index (χ3n) is 6.87. The summed E-state index contributed by atoms with van der Waals surface area (Å²) in [6.45, 7) is 6.43. The van der Waals surface area contributed by atoms with E-state index in [1.807, 2.05) is 73.4 Å². The smallest absolute Gasteiger partial charge is 0.371 e. The Bertz CT molecular complexity index is 1880. The fourth-order valence-corrected chi connectivity index (χ4v) is 5.06. The van der Waals surface area contributed by atoms with Crippen molar-refractivity contribution in [3.63, 3.8) is 0 Å². The number of hydrogen-bond donors (Lipinski definition) is 0. The van der Waals surface area contributed by atoms with Crippen molar-refractivity contribution in [1.29, 1.82) is 0 Å². The molecule has 7 rings (SSSR count). The first kappa shape index (κ1) is 27.4. The normalized spacial score (nSPS) is 11.9. The maximum Gasteiger partial charge on any atom is 0.494 e. The Balaban J connectivity index is 0.000000195. The molecule has 3 aromatic heterocycles. The predicted molar refractivity (Wildman–Crippen MR) is 158 cm³/mol. The summed E-state index contributed by atoms with van der Waals surface area (Å²) in [7, 11) is 2.03. The summed E-state index contributed by atoms with van der Waals surface area (Å²) in [5.74, 6) is 0. The van der Waals surface area contributed by atoms with Crippen LogP contribution in [0.15, 0.2) is 97.3 Å². The van der Waals surface area contributed by atoms with E-state index in [4.69, 9.17) is 0 Å². The third-order valence-corrected chi connectivity index (χ3v) is 6.87. The molecule has 199 valence electrons. The molecule has 0 spiro atoms. The molecule has 0 bridgehead atoms. The monoisotopic (exact) mass is 700 g/mol. The minimum absolute atomic E-state index is 0. The minimum Gasteiger partial charge on any atom is -0.371 e. The van der Waals surface area contributed by atoms with Crippen LogP contribution in [0.4, 0.5) is 17.1 Å².